The molecule has 0 radical (unpaired) electrons. The molecule has 0 aliphatic carbocycles. The van der Waals surface area contributed by atoms with E-state index in [4.69, 9.17) is 0 Å². The van der Waals surface area contributed by atoms with E-state index in [0.29, 0.717) is 0 Å². The Bertz CT molecular complexity index is 607. The summed E-state index contributed by atoms with van der Waals surface area (Å²) in [5.74, 6) is 1.31. The maximum atomic E-state index is 2.33. The maximum Gasteiger partial charge on any atom is 0.266 e. The Morgan fingerprint density at radius 1 is 0.900 bits per heavy atom. The summed E-state index contributed by atoms with van der Waals surface area (Å²) in [4.78, 5) is 0. The van der Waals surface area contributed by atoms with Gasteiger partial charge in [-0.05, 0) is 32.3 Å². The van der Waals surface area contributed by atoms with Gasteiger partial charge in [0, 0.05) is 5.56 Å². The molecule has 0 N–H and O–H groups in total. The van der Waals surface area contributed by atoms with Crippen molar-refractivity contribution in [1.29, 1.82) is 0 Å². The second-order valence-electron chi connectivity index (χ2n) is 7.62. The largest absolute Gasteiger partial charge is 0.266 e. The van der Waals surface area contributed by atoms with Gasteiger partial charge in [0.15, 0.2) is 0 Å². The first-order valence-corrected chi connectivity index (χ1v) is 7.30. The average molecular weight is 271 g/mol. The molecule has 0 spiro atoms. The van der Waals surface area contributed by atoms with Gasteiger partial charge in [0.2, 0.25) is 0 Å². The summed E-state index contributed by atoms with van der Waals surface area (Å²) in [6.45, 7) is 13.6. The zero-order valence-electron chi connectivity index (χ0n) is 13.9. The van der Waals surface area contributed by atoms with Gasteiger partial charge in [0.25, 0.3) is 5.82 Å². The summed E-state index contributed by atoms with van der Waals surface area (Å²) in [5.41, 5.74) is 2.89. The summed E-state index contributed by atoms with van der Waals surface area (Å²) in [6.07, 6.45) is 4.31. The molecular formula is C18H27N2+. The molecule has 2 aromatic rings. The number of benzene rings is 1. The van der Waals surface area contributed by atoms with Gasteiger partial charge in [-0.2, -0.15) is 4.57 Å². The second-order valence-corrected chi connectivity index (χ2v) is 7.62. The zero-order valence-corrected chi connectivity index (χ0v) is 13.9. The van der Waals surface area contributed by atoms with Gasteiger partial charge in [0.1, 0.15) is 18.1 Å². The van der Waals surface area contributed by atoms with Crippen molar-refractivity contribution < 1.29 is 4.57 Å². The predicted octanol–water partition coefficient (Wildman–Crippen LogP) is 3.90. The molecule has 0 atom stereocenters. The normalized spacial score (nSPS) is 12.8. The quantitative estimate of drug-likeness (QED) is 0.696. The van der Waals surface area contributed by atoms with E-state index in [9.17, 15) is 0 Å². The smallest absolute Gasteiger partial charge is 0.236 e. The molecule has 0 aliphatic heterocycles. The van der Waals surface area contributed by atoms with Crippen molar-refractivity contribution in [3.05, 3.63) is 48.0 Å². The first kappa shape index (κ1) is 14.8. The Kier molecular flexibility index (Phi) is 3.53. The van der Waals surface area contributed by atoms with Crippen molar-refractivity contribution in [3.63, 3.8) is 0 Å². The van der Waals surface area contributed by atoms with E-state index in [2.05, 4.69) is 94.4 Å². The third kappa shape index (κ3) is 2.65. The van der Waals surface area contributed by atoms with Crippen LogP contribution in [0.1, 0.15) is 52.9 Å². The summed E-state index contributed by atoms with van der Waals surface area (Å²) in [5, 5.41) is 0. The van der Waals surface area contributed by atoms with Crippen molar-refractivity contribution in [2.24, 2.45) is 7.05 Å². The van der Waals surface area contributed by atoms with E-state index in [1.807, 2.05) is 0 Å². The van der Waals surface area contributed by atoms with Crippen LogP contribution in [0.2, 0.25) is 0 Å². The number of rotatable bonds is 1. The van der Waals surface area contributed by atoms with Crippen LogP contribution in [0.3, 0.4) is 0 Å². The minimum atomic E-state index is 0.100. The molecular weight excluding hydrogens is 244 g/mol. The highest BCUT2D eigenvalue weighted by Crippen LogP contribution is 2.30. The third-order valence-corrected chi connectivity index (χ3v) is 3.64. The first-order chi connectivity index (χ1) is 9.12. The van der Waals surface area contributed by atoms with Crippen LogP contribution in [0, 0.1) is 0 Å². The lowest BCUT2D eigenvalue weighted by Crippen LogP contribution is -2.39. The van der Waals surface area contributed by atoms with Crippen LogP contribution in [0.15, 0.2) is 36.7 Å². The fourth-order valence-corrected chi connectivity index (χ4v) is 2.88. The number of aromatic nitrogens is 2. The van der Waals surface area contributed by atoms with E-state index >= 15 is 0 Å². The van der Waals surface area contributed by atoms with Crippen LogP contribution in [-0.2, 0) is 17.9 Å². The standard InChI is InChI=1S/C18H27N2/c1-17(2,3)14-10-8-9-11-15(14)20-13-12-19(7)16(20)18(4,5)6/h8-13H,1-7H3/q+1. The molecule has 0 saturated heterocycles. The molecule has 0 bridgehead atoms. The molecule has 2 nitrogen and oxygen atoms in total. The predicted molar refractivity (Wildman–Crippen MR) is 84.3 cm³/mol. The van der Waals surface area contributed by atoms with Gasteiger partial charge in [-0.1, -0.05) is 39.0 Å². The van der Waals surface area contributed by atoms with E-state index in [0.717, 1.165) is 0 Å². The number of imidazole rings is 1. The Hall–Kier alpha value is -1.57. The molecule has 0 amide bonds. The van der Waals surface area contributed by atoms with Gasteiger partial charge in [-0.25, -0.2) is 4.57 Å². The monoisotopic (exact) mass is 271 g/mol. The molecule has 1 aromatic carbocycles. The molecule has 0 aliphatic rings. The van der Waals surface area contributed by atoms with E-state index in [-0.39, 0.29) is 10.8 Å². The van der Waals surface area contributed by atoms with Crippen LogP contribution >= 0.6 is 0 Å². The fraction of sp³-hybridized carbons (Fsp3) is 0.500. The number of hydrogen-bond donors (Lipinski definition) is 0. The van der Waals surface area contributed by atoms with Crippen molar-refractivity contribution in [1.82, 2.24) is 4.57 Å². The van der Waals surface area contributed by atoms with E-state index < -0.39 is 0 Å². The molecule has 20 heavy (non-hydrogen) atoms. The minimum absolute atomic E-state index is 0.100. The van der Waals surface area contributed by atoms with Gasteiger partial charge in [0.05, 0.1) is 12.5 Å². The molecule has 108 valence electrons. The van der Waals surface area contributed by atoms with Crippen molar-refractivity contribution in [3.8, 4) is 5.69 Å². The highest BCUT2D eigenvalue weighted by molar-refractivity contribution is 5.45. The summed E-state index contributed by atoms with van der Waals surface area (Å²) < 4.78 is 4.56. The lowest BCUT2D eigenvalue weighted by molar-refractivity contribution is -0.681. The molecule has 0 saturated carbocycles. The van der Waals surface area contributed by atoms with Crippen LogP contribution in [0.25, 0.3) is 5.69 Å². The highest BCUT2D eigenvalue weighted by Gasteiger charge is 2.31. The molecule has 0 unspecified atom stereocenters. The Morgan fingerprint density at radius 3 is 2.05 bits per heavy atom. The van der Waals surface area contributed by atoms with Crippen LogP contribution in [-0.4, -0.2) is 4.57 Å². The van der Waals surface area contributed by atoms with Crippen molar-refractivity contribution in [2.45, 2.75) is 52.4 Å². The summed E-state index contributed by atoms with van der Waals surface area (Å²) in [7, 11) is 2.12. The van der Waals surface area contributed by atoms with Crippen LogP contribution in [0.5, 0.6) is 0 Å². The highest BCUT2D eigenvalue weighted by atomic mass is 15.2. The maximum absolute atomic E-state index is 2.33. The van der Waals surface area contributed by atoms with Crippen molar-refractivity contribution >= 4 is 0 Å². The van der Waals surface area contributed by atoms with Gasteiger partial charge in [-0.3, -0.25) is 0 Å². The van der Waals surface area contributed by atoms with Gasteiger partial charge in [-0.15, -0.1) is 0 Å². The lowest BCUT2D eigenvalue weighted by atomic mass is 9.85. The topological polar surface area (TPSA) is 8.81 Å². The molecule has 0 fully saturated rings. The number of aryl methyl sites for hydroxylation is 1. The first-order valence-electron chi connectivity index (χ1n) is 7.30. The minimum Gasteiger partial charge on any atom is -0.236 e. The second kappa shape index (κ2) is 4.76. The summed E-state index contributed by atoms with van der Waals surface area (Å²) >= 11 is 0. The molecule has 2 heteroatoms. The third-order valence-electron chi connectivity index (χ3n) is 3.64. The molecule has 1 heterocycles. The fourth-order valence-electron chi connectivity index (χ4n) is 2.88. The SMILES string of the molecule is C[n+]1ccn(-c2ccccc2C(C)(C)C)c1C(C)(C)C. The Balaban J connectivity index is 2.72. The van der Waals surface area contributed by atoms with Crippen LogP contribution in [0.4, 0.5) is 0 Å². The van der Waals surface area contributed by atoms with Crippen LogP contribution < -0.4 is 4.57 Å². The number of hydrogen-bond acceptors (Lipinski definition) is 0. The van der Waals surface area contributed by atoms with Gasteiger partial charge < -0.3 is 0 Å². The average Bonchev–Trinajstić information content (AvgIpc) is 2.69. The number of para-hydroxylation sites is 1. The van der Waals surface area contributed by atoms with E-state index in [1.165, 1.54) is 17.1 Å². The molecule has 2 rings (SSSR count). The summed E-state index contributed by atoms with van der Waals surface area (Å²) in [6, 6.07) is 8.71. The number of nitrogens with zero attached hydrogens (tertiary/aromatic N) is 2. The lowest BCUT2D eigenvalue weighted by Gasteiger charge is -2.23. The zero-order chi connectivity index (χ0) is 15.1. The molecule has 1 aromatic heterocycles. The Labute approximate surface area is 123 Å². The van der Waals surface area contributed by atoms with Crippen molar-refractivity contribution in [2.75, 3.05) is 0 Å². The van der Waals surface area contributed by atoms with Gasteiger partial charge >= 0.3 is 0 Å². The Morgan fingerprint density at radius 2 is 1.50 bits per heavy atom. The van der Waals surface area contributed by atoms with E-state index in [1.54, 1.807) is 0 Å².